The number of piperazine rings is 1. The molecule has 3 N–H and O–H groups in total. The number of nitrogens with two attached hydrogens (primary N) is 1. The van der Waals surface area contributed by atoms with E-state index in [4.69, 9.17) is 5.73 Å². The van der Waals surface area contributed by atoms with Gasteiger partial charge in [-0.3, -0.25) is 4.79 Å². The molecule has 3 amide bonds. The van der Waals surface area contributed by atoms with Gasteiger partial charge in [0, 0.05) is 44.3 Å². The molecule has 28 heavy (non-hydrogen) atoms. The summed E-state index contributed by atoms with van der Waals surface area (Å²) in [5.74, 6) is -0.762. The van der Waals surface area contributed by atoms with E-state index in [0.717, 1.165) is 12.5 Å². The molecular weight excluding hydrogens is 359 g/mol. The number of hydrogen-bond donors (Lipinski definition) is 2. The van der Waals surface area contributed by atoms with E-state index in [9.17, 15) is 14.0 Å². The molecule has 6 nitrogen and oxygen atoms in total. The quantitative estimate of drug-likeness (QED) is 0.850. The van der Waals surface area contributed by atoms with Crippen LogP contribution in [0.1, 0.15) is 27.4 Å². The van der Waals surface area contributed by atoms with Gasteiger partial charge in [-0.25, -0.2) is 9.18 Å². The van der Waals surface area contributed by atoms with Crippen molar-refractivity contribution >= 4 is 17.6 Å². The van der Waals surface area contributed by atoms with Crippen LogP contribution in [-0.4, -0.2) is 49.6 Å². The van der Waals surface area contributed by atoms with Crippen molar-refractivity contribution in [1.29, 1.82) is 0 Å². The molecule has 1 fully saturated rings. The molecule has 146 valence electrons. The maximum Gasteiger partial charge on any atom is 0.317 e. The fourth-order valence-electron chi connectivity index (χ4n) is 4.00. The van der Waals surface area contributed by atoms with Gasteiger partial charge in [0.2, 0.25) is 0 Å². The molecule has 1 unspecified atom stereocenters. The van der Waals surface area contributed by atoms with Crippen molar-refractivity contribution in [3.63, 3.8) is 0 Å². The van der Waals surface area contributed by atoms with Crippen molar-refractivity contribution in [3.05, 3.63) is 65.0 Å². The molecular formula is C21H23FN4O2. The maximum atomic E-state index is 13.4. The van der Waals surface area contributed by atoms with E-state index < -0.39 is 11.7 Å². The first-order chi connectivity index (χ1) is 13.5. The van der Waals surface area contributed by atoms with Gasteiger partial charge in [-0.05, 0) is 35.7 Å². The highest BCUT2D eigenvalue weighted by atomic mass is 19.1. The first-order valence-corrected chi connectivity index (χ1v) is 9.48. The third-order valence-electron chi connectivity index (χ3n) is 5.59. The van der Waals surface area contributed by atoms with Crippen molar-refractivity contribution in [1.82, 2.24) is 10.2 Å². The maximum absolute atomic E-state index is 13.4. The molecule has 0 saturated carbocycles. The van der Waals surface area contributed by atoms with Crippen molar-refractivity contribution in [2.24, 2.45) is 5.73 Å². The van der Waals surface area contributed by atoms with Gasteiger partial charge in [0.15, 0.2) is 0 Å². The van der Waals surface area contributed by atoms with E-state index in [2.05, 4.69) is 17.4 Å². The first-order valence-electron chi connectivity index (χ1n) is 9.48. The summed E-state index contributed by atoms with van der Waals surface area (Å²) in [4.78, 5) is 27.8. The summed E-state index contributed by atoms with van der Waals surface area (Å²) in [5.41, 5.74) is 8.84. The van der Waals surface area contributed by atoms with Crippen molar-refractivity contribution in [2.45, 2.75) is 12.3 Å². The number of fused-ring (bicyclic) bond motifs is 1. The Morgan fingerprint density at radius 3 is 2.57 bits per heavy atom. The van der Waals surface area contributed by atoms with Gasteiger partial charge >= 0.3 is 6.03 Å². The Labute approximate surface area is 163 Å². The Balaban J connectivity index is 1.31. The van der Waals surface area contributed by atoms with E-state index in [1.54, 1.807) is 11.0 Å². The number of anilines is 1. The number of carbonyl (C=O) groups excluding carboxylic acids is 2. The third kappa shape index (κ3) is 3.52. The average molecular weight is 382 g/mol. The van der Waals surface area contributed by atoms with Gasteiger partial charge < -0.3 is 20.9 Å². The number of benzene rings is 2. The lowest BCUT2D eigenvalue weighted by atomic mass is 9.78. The number of hydrogen-bond acceptors (Lipinski definition) is 3. The van der Waals surface area contributed by atoms with Gasteiger partial charge in [0.05, 0.1) is 5.56 Å². The van der Waals surface area contributed by atoms with E-state index in [1.807, 2.05) is 17.0 Å². The second-order valence-corrected chi connectivity index (χ2v) is 7.29. The predicted octanol–water partition coefficient (Wildman–Crippen LogP) is 2.10. The van der Waals surface area contributed by atoms with Crippen LogP contribution in [0.3, 0.4) is 0 Å². The highest BCUT2D eigenvalue weighted by Crippen LogP contribution is 2.34. The molecule has 0 bridgehead atoms. The number of primary amides is 1. The van der Waals surface area contributed by atoms with Gasteiger partial charge in [0.1, 0.15) is 5.82 Å². The van der Waals surface area contributed by atoms with Crippen LogP contribution in [0, 0.1) is 5.82 Å². The van der Waals surface area contributed by atoms with Crippen LogP contribution < -0.4 is 16.0 Å². The summed E-state index contributed by atoms with van der Waals surface area (Å²) in [6.45, 7) is 2.82. The zero-order chi connectivity index (χ0) is 19.7. The zero-order valence-electron chi connectivity index (χ0n) is 15.5. The lowest BCUT2D eigenvalue weighted by Crippen LogP contribution is -2.52. The standard InChI is InChI=1S/C21H23FN4O2/c22-16-5-6-19(18(12-16)20(23)27)25-7-9-26(10-8-25)21(28)24-13-15-11-14-3-1-2-4-17(14)15/h1-6,12,15H,7-11,13H2,(H2,23,27)(H,24,28). The summed E-state index contributed by atoms with van der Waals surface area (Å²) in [7, 11) is 0. The zero-order valence-corrected chi connectivity index (χ0v) is 15.5. The topological polar surface area (TPSA) is 78.7 Å². The minimum absolute atomic E-state index is 0.0711. The van der Waals surface area contributed by atoms with Crippen molar-refractivity contribution < 1.29 is 14.0 Å². The molecule has 2 aliphatic rings. The van der Waals surface area contributed by atoms with Crippen LogP contribution in [0.5, 0.6) is 0 Å². The highest BCUT2D eigenvalue weighted by Gasteiger charge is 2.28. The van der Waals surface area contributed by atoms with Gasteiger partial charge in [0.25, 0.3) is 5.91 Å². The van der Waals surface area contributed by atoms with Crippen LogP contribution in [0.25, 0.3) is 0 Å². The van der Waals surface area contributed by atoms with Crippen LogP contribution >= 0.6 is 0 Å². The minimum Gasteiger partial charge on any atom is -0.367 e. The second kappa shape index (κ2) is 7.50. The lowest BCUT2D eigenvalue weighted by molar-refractivity contribution is 0.1000. The molecule has 1 saturated heterocycles. The molecule has 7 heteroatoms. The molecule has 1 aliphatic heterocycles. The lowest BCUT2D eigenvalue weighted by Gasteiger charge is -2.37. The number of nitrogens with one attached hydrogen (secondary N) is 1. The van der Waals surface area contributed by atoms with Crippen LogP contribution in [0.15, 0.2) is 42.5 Å². The monoisotopic (exact) mass is 382 g/mol. The molecule has 1 aliphatic carbocycles. The Bertz CT molecular complexity index is 909. The summed E-state index contributed by atoms with van der Waals surface area (Å²) in [6, 6.07) is 12.3. The summed E-state index contributed by atoms with van der Waals surface area (Å²) >= 11 is 0. The molecule has 0 spiro atoms. The molecule has 2 aromatic rings. The number of halogens is 1. The number of urea groups is 1. The smallest absolute Gasteiger partial charge is 0.317 e. The molecule has 1 heterocycles. The Morgan fingerprint density at radius 1 is 1.11 bits per heavy atom. The van der Waals surface area contributed by atoms with E-state index >= 15 is 0 Å². The van der Waals surface area contributed by atoms with Crippen LogP contribution in [0.2, 0.25) is 0 Å². The van der Waals surface area contributed by atoms with Crippen LogP contribution in [0.4, 0.5) is 14.9 Å². The minimum atomic E-state index is -0.657. The van der Waals surface area contributed by atoms with E-state index in [0.29, 0.717) is 44.3 Å². The molecule has 0 aromatic heterocycles. The third-order valence-corrected chi connectivity index (χ3v) is 5.59. The fraction of sp³-hybridized carbons (Fsp3) is 0.333. The van der Waals surface area contributed by atoms with Gasteiger partial charge in [-0.1, -0.05) is 24.3 Å². The summed E-state index contributed by atoms with van der Waals surface area (Å²) in [5, 5.41) is 3.03. The Kier molecular flexibility index (Phi) is 4.90. The largest absolute Gasteiger partial charge is 0.367 e. The normalized spacial score (nSPS) is 18.2. The number of rotatable bonds is 4. The average Bonchev–Trinajstić information content (AvgIpc) is 2.68. The molecule has 0 radical (unpaired) electrons. The molecule has 1 atom stereocenters. The first kappa shape index (κ1) is 18.3. The number of amides is 3. The number of nitrogens with zero attached hydrogens (tertiary/aromatic N) is 2. The summed E-state index contributed by atoms with van der Waals surface area (Å²) in [6.07, 6.45) is 1.00. The van der Waals surface area contributed by atoms with E-state index in [1.165, 1.54) is 17.2 Å². The predicted molar refractivity (Wildman–Crippen MR) is 105 cm³/mol. The molecule has 4 rings (SSSR count). The Hall–Kier alpha value is -3.09. The van der Waals surface area contributed by atoms with Gasteiger partial charge in [-0.15, -0.1) is 0 Å². The second-order valence-electron chi connectivity index (χ2n) is 7.29. The molecule has 2 aromatic carbocycles. The van der Waals surface area contributed by atoms with Crippen molar-refractivity contribution in [3.8, 4) is 0 Å². The fourth-order valence-corrected chi connectivity index (χ4v) is 4.00. The van der Waals surface area contributed by atoms with Crippen LogP contribution in [-0.2, 0) is 6.42 Å². The van der Waals surface area contributed by atoms with Gasteiger partial charge in [-0.2, -0.15) is 0 Å². The summed E-state index contributed by atoms with van der Waals surface area (Å²) < 4.78 is 13.4. The highest BCUT2D eigenvalue weighted by molar-refractivity contribution is 5.98. The Morgan fingerprint density at radius 2 is 1.86 bits per heavy atom. The van der Waals surface area contributed by atoms with E-state index in [-0.39, 0.29) is 11.6 Å². The van der Waals surface area contributed by atoms with Crippen molar-refractivity contribution in [2.75, 3.05) is 37.6 Å². The SMILES string of the molecule is NC(=O)c1cc(F)ccc1N1CCN(C(=O)NCC2Cc3ccccc32)CC1. The number of carbonyl (C=O) groups is 2.